The summed E-state index contributed by atoms with van der Waals surface area (Å²) in [6, 6.07) is -1.77. The Kier molecular flexibility index (Phi) is 4.52. The van der Waals surface area contributed by atoms with Crippen molar-refractivity contribution in [2.45, 2.75) is 31.0 Å². The van der Waals surface area contributed by atoms with Gasteiger partial charge in [0.05, 0.1) is 17.5 Å². The molecule has 0 aromatic heterocycles. The minimum absolute atomic E-state index is 0.244. The Morgan fingerprint density at radius 3 is 1.76 bits per heavy atom. The highest BCUT2D eigenvalue weighted by Gasteiger charge is 2.40. The monoisotopic (exact) mass is 325 g/mol. The fourth-order valence-electron chi connectivity index (χ4n) is 1.66. The molecule has 0 saturated heterocycles. The van der Waals surface area contributed by atoms with Crippen LogP contribution in [-0.4, -0.2) is 6.18 Å². The molecule has 0 amide bonds. The molecule has 0 aliphatic heterocycles. The van der Waals surface area contributed by atoms with Gasteiger partial charge in [-0.15, -0.1) is 0 Å². The molecule has 120 valence electrons. The lowest BCUT2D eigenvalue weighted by Crippen LogP contribution is -2.24. The van der Waals surface area contributed by atoms with Crippen molar-refractivity contribution in [3.63, 3.8) is 0 Å². The lowest BCUT2D eigenvalue weighted by Gasteiger charge is -2.21. The van der Waals surface area contributed by atoms with E-state index in [1.807, 2.05) is 0 Å². The van der Waals surface area contributed by atoms with E-state index in [4.69, 9.17) is 5.73 Å². The van der Waals surface area contributed by atoms with Crippen LogP contribution >= 0.6 is 0 Å². The molecule has 0 heterocycles. The Balaban J connectivity index is 3.33. The molecule has 0 fully saturated rings. The summed E-state index contributed by atoms with van der Waals surface area (Å²) in [6.45, 7) is 0. The van der Waals surface area contributed by atoms with E-state index in [0.29, 0.717) is 6.07 Å². The van der Waals surface area contributed by atoms with Gasteiger partial charge in [0, 0.05) is 6.04 Å². The summed E-state index contributed by atoms with van der Waals surface area (Å²) in [4.78, 5) is 0. The summed E-state index contributed by atoms with van der Waals surface area (Å²) < 4.78 is 112. The summed E-state index contributed by atoms with van der Waals surface area (Å²) in [5.74, 6) is 0. The molecule has 0 unspecified atom stereocenters. The van der Waals surface area contributed by atoms with Gasteiger partial charge in [0.25, 0.3) is 0 Å². The van der Waals surface area contributed by atoms with E-state index in [9.17, 15) is 39.5 Å². The summed E-state index contributed by atoms with van der Waals surface area (Å²) >= 11 is 0. The summed E-state index contributed by atoms with van der Waals surface area (Å²) in [5, 5.41) is 0. The first kappa shape index (κ1) is 17.6. The molecule has 1 rings (SSSR count). The van der Waals surface area contributed by atoms with Crippen LogP contribution in [0.5, 0.6) is 0 Å². The van der Waals surface area contributed by atoms with Gasteiger partial charge in [-0.05, 0) is 17.7 Å². The normalized spacial score (nSPS) is 15.1. The summed E-state index contributed by atoms with van der Waals surface area (Å²) in [7, 11) is 0. The topological polar surface area (TPSA) is 26.0 Å². The zero-order valence-corrected chi connectivity index (χ0v) is 10.00. The molecule has 0 spiro atoms. The van der Waals surface area contributed by atoms with Gasteiger partial charge in [-0.2, -0.15) is 39.5 Å². The lowest BCUT2D eigenvalue weighted by atomic mass is 9.95. The zero-order valence-electron chi connectivity index (χ0n) is 10.00. The van der Waals surface area contributed by atoms with Gasteiger partial charge < -0.3 is 5.73 Å². The third-order valence-electron chi connectivity index (χ3n) is 2.54. The quantitative estimate of drug-likeness (QED) is 0.785. The number of benzene rings is 1. The van der Waals surface area contributed by atoms with Gasteiger partial charge in [0.1, 0.15) is 0 Å². The Hall–Kier alpha value is -1.45. The number of rotatable bonds is 2. The van der Waals surface area contributed by atoms with E-state index in [-0.39, 0.29) is 12.1 Å². The van der Waals surface area contributed by atoms with E-state index >= 15 is 0 Å². The summed E-state index contributed by atoms with van der Waals surface area (Å²) in [5.41, 5.74) is 0.564. The molecular weight excluding hydrogens is 317 g/mol. The number of alkyl halides is 9. The maximum absolute atomic E-state index is 12.7. The summed E-state index contributed by atoms with van der Waals surface area (Å²) in [6.07, 6.45) is -16.9. The Morgan fingerprint density at radius 1 is 0.857 bits per heavy atom. The second-order valence-electron chi connectivity index (χ2n) is 4.22. The molecule has 1 nitrogen and oxygen atoms in total. The van der Waals surface area contributed by atoms with Gasteiger partial charge in [0.2, 0.25) is 0 Å². The van der Waals surface area contributed by atoms with Crippen LogP contribution in [-0.2, 0) is 12.4 Å². The number of hydrogen-bond donors (Lipinski definition) is 1. The highest BCUT2D eigenvalue weighted by atomic mass is 19.4. The van der Waals surface area contributed by atoms with Crippen LogP contribution in [0.2, 0.25) is 0 Å². The molecule has 0 radical (unpaired) electrons. The molecule has 10 heteroatoms. The average Bonchev–Trinajstić information content (AvgIpc) is 2.23. The van der Waals surface area contributed by atoms with E-state index < -0.39 is 47.7 Å². The van der Waals surface area contributed by atoms with Gasteiger partial charge in [-0.25, -0.2) is 0 Å². The Bertz CT molecular complexity index is 498. The first-order valence-electron chi connectivity index (χ1n) is 5.32. The third-order valence-corrected chi connectivity index (χ3v) is 2.54. The lowest BCUT2D eigenvalue weighted by molar-refractivity contribution is -0.147. The first-order chi connectivity index (χ1) is 9.22. The van der Waals surface area contributed by atoms with Crippen LogP contribution in [0.1, 0.15) is 29.2 Å². The van der Waals surface area contributed by atoms with E-state index in [0.717, 1.165) is 0 Å². The number of hydrogen-bond acceptors (Lipinski definition) is 1. The molecule has 0 aliphatic carbocycles. The van der Waals surface area contributed by atoms with Crippen LogP contribution in [0.4, 0.5) is 39.5 Å². The minimum atomic E-state index is -5.25. The van der Waals surface area contributed by atoms with Gasteiger partial charge in [0.15, 0.2) is 0 Å². The van der Waals surface area contributed by atoms with Crippen molar-refractivity contribution in [3.8, 4) is 0 Å². The predicted octanol–water partition coefficient (Wildman–Crippen LogP) is 4.68. The highest BCUT2D eigenvalue weighted by Crippen LogP contribution is 2.40. The van der Waals surface area contributed by atoms with Crippen LogP contribution in [0.3, 0.4) is 0 Å². The first-order valence-corrected chi connectivity index (χ1v) is 5.32. The van der Waals surface area contributed by atoms with Crippen molar-refractivity contribution < 1.29 is 39.5 Å². The van der Waals surface area contributed by atoms with Crippen molar-refractivity contribution in [1.29, 1.82) is 0 Å². The molecule has 1 aromatic carbocycles. The Labute approximate surface area is 112 Å². The molecule has 21 heavy (non-hydrogen) atoms. The van der Waals surface area contributed by atoms with Crippen molar-refractivity contribution in [1.82, 2.24) is 0 Å². The standard InChI is InChI=1S/C11H8F9N/c12-9(13,14)4-8(21)6-2-1-5(10(15,16)17)3-7(6)11(18,19)20/h1-3,8H,4,21H2/t8-/m1/s1. The van der Waals surface area contributed by atoms with Crippen LogP contribution in [0.25, 0.3) is 0 Å². The second kappa shape index (κ2) is 5.39. The predicted molar refractivity (Wildman–Crippen MR) is 54.0 cm³/mol. The molecule has 0 bridgehead atoms. The van der Waals surface area contributed by atoms with Crippen molar-refractivity contribution in [3.05, 3.63) is 34.9 Å². The smallest absolute Gasteiger partial charge is 0.324 e. The largest absolute Gasteiger partial charge is 0.416 e. The van der Waals surface area contributed by atoms with Crippen molar-refractivity contribution in [2.24, 2.45) is 5.73 Å². The SMILES string of the molecule is N[C@H](CC(F)(F)F)c1ccc(C(F)(F)F)cc1C(F)(F)F. The van der Waals surface area contributed by atoms with Crippen LogP contribution in [0, 0.1) is 0 Å². The maximum Gasteiger partial charge on any atom is 0.416 e. The van der Waals surface area contributed by atoms with E-state index in [1.165, 1.54) is 0 Å². The van der Waals surface area contributed by atoms with Gasteiger partial charge >= 0.3 is 18.5 Å². The van der Waals surface area contributed by atoms with E-state index in [1.54, 1.807) is 0 Å². The van der Waals surface area contributed by atoms with E-state index in [2.05, 4.69) is 0 Å². The molecule has 1 aromatic rings. The second-order valence-corrected chi connectivity index (χ2v) is 4.22. The van der Waals surface area contributed by atoms with Crippen molar-refractivity contribution >= 4 is 0 Å². The Morgan fingerprint density at radius 2 is 1.38 bits per heavy atom. The zero-order chi connectivity index (χ0) is 16.6. The fraction of sp³-hybridized carbons (Fsp3) is 0.455. The minimum Gasteiger partial charge on any atom is -0.324 e. The maximum atomic E-state index is 12.7. The molecule has 0 aliphatic rings. The molecule has 0 saturated carbocycles. The average molecular weight is 325 g/mol. The number of halogens is 9. The fourth-order valence-corrected chi connectivity index (χ4v) is 1.66. The molecule has 2 N–H and O–H groups in total. The number of nitrogens with two attached hydrogens (primary N) is 1. The third kappa shape index (κ3) is 4.80. The van der Waals surface area contributed by atoms with Gasteiger partial charge in [-0.1, -0.05) is 6.07 Å². The van der Waals surface area contributed by atoms with Crippen LogP contribution in [0.15, 0.2) is 18.2 Å². The molecular formula is C11H8F9N. The van der Waals surface area contributed by atoms with Crippen LogP contribution < -0.4 is 5.73 Å². The van der Waals surface area contributed by atoms with Gasteiger partial charge in [-0.3, -0.25) is 0 Å². The molecule has 1 atom stereocenters. The van der Waals surface area contributed by atoms with Crippen molar-refractivity contribution in [2.75, 3.05) is 0 Å². The highest BCUT2D eigenvalue weighted by molar-refractivity contribution is 5.37.